The molecule has 2 aromatic rings. The number of ether oxygens (including phenoxy) is 3. The first-order valence-corrected chi connectivity index (χ1v) is 11.8. The van der Waals surface area contributed by atoms with Crippen molar-refractivity contribution in [3.63, 3.8) is 0 Å². The fourth-order valence-corrected chi connectivity index (χ4v) is 3.42. The van der Waals surface area contributed by atoms with Gasteiger partial charge in [0.15, 0.2) is 0 Å². The molecule has 1 aromatic heterocycles. The number of unbranched alkanes of at least 4 members (excludes halogenated alkanes) is 3. The van der Waals surface area contributed by atoms with Gasteiger partial charge >= 0.3 is 0 Å². The smallest absolute Gasteiger partial charge is 0.137 e. The molecule has 33 heavy (non-hydrogen) atoms. The molecule has 180 valence electrons. The molecule has 6 heteroatoms. The first-order valence-electron chi connectivity index (χ1n) is 11.8. The van der Waals surface area contributed by atoms with Gasteiger partial charge in [-0.25, -0.2) is 0 Å². The Hall–Kier alpha value is -3.02. The second kappa shape index (κ2) is 14.9. The zero-order valence-corrected chi connectivity index (χ0v) is 20.7. The van der Waals surface area contributed by atoms with Crippen molar-refractivity contribution in [3.05, 3.63) is 59.4 Å². The molecule has 0 aliphatic carbocycles. The maximum atomic E-state index is 6.05. The summed E-state index contributed by atoms with van der Waals surface area (Å²) in [6.45, 7) is 10.1. The standard InChI is InChI=1S/C27H38N2O4/c1-6-8-15-32-24-18-21(3)27(22(4)19-24)33-17-12-10-9-11-16-31-23-13-14-26(28-20-23)25(7-2)29-30-5/h6,8,13-14,18-20H,7,9-12,15-17H2,1-5H3/b8-6+,29-25+. The summed E-state index contributed by atoms with van der Waals surface area (Å²) in [5.74, 6) is 2.63. The molecular weight excluding hydrogens is 416 g/mol. The second-order valence-corrected chi connectivity index (χ2v) is 7.83. The summed E-state index contributed by atoms with van der Waals surface area (Å²) in [6.07, 6.45) is 10.7. The van der Waals surface area contributed by atoms with Crippen LogP contribution in [0.1, 0.15) is 62.8 Å². The van der Waals surface area contributed by atoms with Crippen molar-refractivity contribution < 1.29 is 19.0 Å². The normalized spacial score (nSPS) is 11.6. The Morgan fingerprint density at radius 3 is 2.21 bits per heavy atom. The highest BCUT2D eigenvalue weighted by Crippen LogP contribution is 2.28. The Morgan fingerprint density at radius 1 is 0.939 bits per heavy atom. The molecule has 0 atom stereocenters. The monoisotopic (exact) mass is 454 g/mol. The molecule has 0 aliphatic rings. The van der Waals surface area contributed by atoms with Crippen LogP contribution in [0.2, 0.25) is 0 Å². The second-order valence-electron chi connectivity index (χ2n) is 7.83. The Balaban J connectivity index is 1.63. The van der Waals surface area contributed by atoms with E-state index >= 15 is 0 Å². The highest BCUT2D eigenvalue weighted by Gasteiger charge is 2.07. The molecule has 0 unspecified atom stereocenters. The summed E-state index contributed by atoms with van der Waals surface area (Å²) in [5.41, 5.74) is 3.86. The summed E-state index contributed by atoms with van der Waals surface area (Å²) in [4.78, 5) is 9.27. The fraction of sp³-hybridized carbons (Fsp3) is 0.481. The van der Waals surface area contributed by atoms with E-state index < -0.39 is 0 Å². The number of benzene rings is 1. The lowest BCUT2D eigenvalue weighted by Gasteiger charge is -2.14. The van der Waals surface area contributed by atoms with Crippen LogP contribution in [0, 0.1) is 13.8 Å². The summed E-state index contributed by atoms with van der Waals surface area (Å²) < 4.78 is 17.6. The van der Waals surface area contributed by atoms with Crippen LogP contribution in [0.25, 0.3) is 0 Å². The molecule has 0 amide bonds. The molecule has 0 bridgehead atoms. The number of allylic oxidation sites excluding steroid dienone is 1. The topological polar surface area (TPSA) is 62.2 Å². The predicted molar refractivity (Wildman–Crippen MR) is 134 cm³/mol. The van der Waals surface area contributed by atoms with Crippen molar-refractivity contribution in [2.75, 3.05) is 26.9 Å². The van der Waals surface area contributed by atoms with Crippen LogP contribution in [-0.4, -0.2) is 37.6 Å². The first-order chi connectivity index (χ1) is 16.1. The molecule has 1 aromatic carbocycles. The average molecular weight is 455 g/mol. The van der Waals surface area contributed by atoms with Crippen molar-refractivity contribution in [3.8, 4) is 17.2 Å². The molecule has 0 fully saturated rings. The Morgan fingerprint density at radius 2 is 1.64 bits per heavy atom. The fourth-order valence-electron chi connectivity index (χ4n) is 3.42. The Labute approximate surface area is 198 Å². The van der Waals surface area contributed by atoms with E-state index in [9.17, 15) is 0 Å². The molecule has 0 radical (unpaired) electrons. The largest absolute Gasteiger partial charge is 0.493 e. The van der Waals surface area contributed by atoms with Crippen LogP contribution in [0.15, 0.2) is 47.8 Å². The number of aromatic nitrogens is 1. The average Bonchev–Trinajstić information content (AvgIpc) is 2.81. The highest BCUT2D eigenvalue weighted by molar-refractivity contribution is 5.98. The van der Waals surface area contributed by atoms with Crippen molar-refractivity contribution in [2.45, 2.75) is 59.8 Å². The quantitative estimate of drug-likeness (QED) is 0.134. The molecule has 6 nitrogen and oxygen atoms in total. The number of pyridine rings is 1. The number of aryl methyl sites for hydroxylation is 2. The van der Waals surface area contributed by atoms with E-state index in [1.54, 1.807) is 13.3 Å². The summed E-state index contributed by atoms with van der Waals surface area (Å²) in [7, 11) is 1.54. The van der Waals surface area contributed by atoms with Gasteiger partial charge in [-0.2, -0.15) is 0 Å². The van der Waals surface area contributed by atoms with Gasteiger partial charge in [0.05, 0.1) is 25.1 Å². The van der Waals surface area contributed by atoms with E-state index in [4.69, 9.17) is 19.0 Å². The van der Waals surface area contributed by atoms with Crippen molar-refractivity contribution in [1.82, 2.24) is 4.98 Å². The van der Waals surface area contributed by atoms with Gasteiger partial charge in [-0.1, -0.05) is 24.2 Å². The van der Waals surface area contributed by atoms with E-state index in [-0.39, 0.29) is 0 Å². The van der Waals surface area contributed by atoms with E-state index in [0.29, 0.717) is 13.2 Å². The lowest BCUT2D eigenvalue weighted by atomic mass is 10.1. The van der Waals surface area contributed by atoms with Crippen molar-refractivity contribution in [1.29, 1.82) is 0 Å². The van der Waals surface area contributed by atoms with Crippen molar-refractivity contribution >= 4 is 5.71 Å². The van der Waals surface area contributed by atoms with Crippen LogP contribution in [-0.2, 0) is 4.84 Å². The molecule has 1 heterocycles. The lowest BCUT2D eigenvalue weighted by molar-refractivity contribution is 0.213. The van der Waals surface area contributed by atoms with Gasteiger partial charge in [0, 0.05) is 0 Å². The summed E-state index contributed by atoms with van der Waals surface area (Å²) >= 11 is 0. The lowest BCUT2D eigenvalue weighted by Crippen LogP contribution is -2.04. The van der Waals surface area contributed by atoms with Gasteiger partial charge in [-0.15, -0.1) is 0 Å². The number of nitrogens with zero attached hydrogens (tertiary/aromatic N) is 2. The maximum absolute atomic E-state index is 6.05. The number of hydrogen-bond acceptors (Lipinski definition) is 6. The number of oxime groups is 1. The van der Waals surface area contributed by atoms with Crippen LogP contribution < -0.4 is 14.2 Å². The van der Waals surface area contributed by atoms with Crippen LogP contribution in [0.3, 0.4) is 0 Å². The third-order valence-corrected chi connectivity index (χ3v) is 5.14. The van der Waals surface area contributed by atoms with Gasteiger partial charge in [-0.05, 0) is 88.3 Å². The summed E-state index contributed by atoms with van der Waals surface area (Å²) in [5, 5.41) is 4.00. The van der Waals surface area contributed by atoms with Gasteiger partial charge < -0.3 is 19.0 Å². The number of rotatable bonds is 15. The maximum Gasteiger partial charge on any atom is 0.137 e. The highest BCUT2D eigenvalue weighted by atomic mass is 16.6. The minimum absolute atomic E-state index is 0.587. The minimum atomic E-state index is 0.587. The molecule has 0 N–H and O–H groups in total. The zero-order valence-electron chi connectivity index (χ0n) is 20.7. The van der Waals surface area contributed by atoms with Crippen LogP contribution in [0.4, 0.5) is 0 Å². The predicted octanol–water partition coefficient (Wildman–Crippen LogP) is 6.43. The third kappa shape index (κ3) is 9.16. The van der Waals surface area contributed by atoms with Gasteiger partial charge in [0.2, 0.25) is 0 Å². The SMILES string of the molecule is C/C=C/COc1cc(C)c(OCCCCCCOc2ccc(/C(CC)=N/OC)nc2)c(C)c1. The zero-order chi connectivity index (χ0) is 23.9. The Bertz CT molecular complexity index is 868. The first kappa shape index (κ1) is 26.2. The number of hydrogen-bond donors (Lipinski definition) is 0. The van der Waals surface area contributed by atoms with Gasteiger partial charge in [0.25, 0.3) is 0 Å². The third-order valence-electron chi connectivity index (χ3n) is 5.14. The van der Waals surface area contributed by atoms with E-state index in [1.807, 2.05) is 50.3 Å². The van der Waals surface area contributed by atoms with Crippen LogP contribution in [0.5, 0.6) is 17.2 Å². The molecule has 2 rings (SSSR count). The van der Waals surface area contributed by atoms with E-state index in [2.05, 4.69) is 24.0 Å². The van der Waals surface area contributed by atoms with Gasteiger partial charge in [0.1, 0.15) is 36.7 Å². The molecular formula is C27H38N2O4. The minimum Gasteiger partial charge on any atom is -0.493 e. The summed E-state index contributed by atoms with van der Waals surface area (Å²) in [6, 6.07) is 7.92. The van der Waals surface area contributed by atoms with Crippen LogP contribution >= 0.6 is 0 Å². The molecule has 0 aliphatic heterocycles. The molecule has 0 saturated carbocycles. The van der Waals surface area contributed by atoms with E-state index in [1.165, 1.54) is 0 Å². The molecule has 0 saturated heterocycles. The van der Waals surface area contributed by atoms with Crippen molar-refractivity contribution in [2.24, 2.45) is 5.16 Å². The Kier molecular flexibility index (Phi) is 11.9. The van der Waals surface area contributed by atoms with Gasteiger partial charge in [-0.3, -0.25) is 4.98 Å². The van der Waals surface area contributed by atoms with E-state index in [0.717, 1.165) is 78.5 Å². The molecule has 0 spiro atoms.